The summed E-state index contributed by atoms with van der Waals surface area (Å²) < 4.78 is 6.78. The topological polar surface area (TPSA) is 124 Å². The summed E-state index contributed by atoms with van der Waals surface area (Å²) in [6.07, 6.45) is -0.559. The van der Waals surface area contributed by atoms with Crippen molar-refractivity contribution in [1.29, 1.82) is 0 Å². The largest absolute Gasteiger partial charge is 0.453 e. The van der Waals surface area contributed by atoms with Gasteiger partial charge in [-0.15, -0.1) is 5.10 Å². The Labute approximate surface area is 182 Å². The van der Waals surface area contributed by atoms with E-state index in [4.69, 9.17) is 33.7 Å². The Morgan fingerprint density at radius 3 is 2.70 bits per heavy atom. The lowest BCUT2D eigenvalue weighted by Crippen LogP contribution is -2.30. The number of benzene rings is 1. The first-order chi connectivity index (χ1) is 14.2. The van der Waals surface area contributed by atoms with Gasteiger partial charge >= 0.3 is 5.97 Å². The summed E-state index contributed by atoms with van der Waals surface area (Å²) in [4.78, 5) is 33.0. The van der Waals surface area contributed by atoms with Crippen molar-refractivity contribution in [2.45, 2.75) is 39.7 Å². The Hall–Kier alpha value is -2.91. The second-order valence-electron chi connectivity index (χ2n) is 6.69. The van der Waals surface area contributed by atoms with E-state index in [1.54, 1.807) is 12.1 Å². The van der Waals surface area contributed by atoms with Crippen molar-refractivity contribution in [3.8, 4) is 0 Å². The van der Waals surface area contributed by atoms with E-state index in [9.17, 15) is 9.59 Å². The van der Waals surface area contributed by atoms with E-state index in [-0.39, 0.29) is 17.4 Å². The van der Waals surface area contributed by atoms with Crippen molar-refractivity contribution >= 4 is 52.5 Å². The van der Waals surface area contributed by atoms with Gasteiger partial charge in [-0.1, -0.05) is 23.2 Å². The second kappa shape index (κ2) is 8.85. The Balaban J connectivity index is 1.60. The molecular formula is C19H20Cl2N6O3. The number of nitrogens with one attached hydrogen (secondary N) is 1. The molecule has 3 aromatic rings. The number of halogens is 2. The van der Waals surface area contributed by atoms with Crippen LogP contribution in [0.3, 0.4) is 0 Å². The van der Waals surface area contributed by atoms with Crippen LogP contribution in [0, 0.1) is 13.8 Å². The summed E-state index contributed by atoms with van der Waals surface area (Å²) in [7, 11) is 0. The quantitative estimate of drug-likeness (QED) is 0.552. The number of carbonyl (C=O) groups excluding carboxylic acids is 2. The number of nitrogens with zero attached hydrogens (tertiary/aromatic N) is 4. The van der Waals surface area contributed by atoms with E-state index in [2.05, 4.69) is 20.4 Å². The molecule has 0 unspecified atom stereocenters. The van der Waals surface area contributed by atoms with E-state index in [1.165, 1.54) is 17.5 Å². The van der Waals surface area contributed by atoms with Gasteiger partial charge in [0.2, 0.25) is 5.95 Å². The highest BCUT2D eigenvalue weighted by molar-refractivity contribution is 6.36. The molecule has 0 aliphatic rings. The lowest BCUT2D eigenvalue weighted by atomic mass is 10.1. The Kier molecular flexibility index (Phi) is 6.42. The average molecular weight is 451 g/mol. The number of nitrogen functional groups attached to an aromatic ring is 1. The van der Waals surface area contributed by atoms with E-state index >= 15 is 0 Å². The molecule has 2 heterocycles. The van der Waals surface area contributed by atoms with Crippen LogP contribution in [0.4, 0.5) is 11.6 Å². The van der Waals surface area contributed by atoms with Crippen LogP contribution >= 0.6 is 23.2 Å². The Bertz CT molecular complexity index is 1130. The molecule has 0 bridgehead atoms. The zero-order chi connectivity index (χ0) is 22.0. The summed E-state index contributed by atoms with van der Waals surface area (Å²) in [6, 6.07) is 4.67. The summed E-state index contributed by atoms with van der Waals surface area (Å²) in [5.74, 6) is -0.486. The smallest absolute Gasteiger partial charge is 0.306 e. The number of rotatable bonds is 6. The van der Waals surface area contributed by atoms with Crippen LogP contribution in [-0.2, 0) is 20.7 Å². The number of hydrogen-bond acceptors (Lipinski definition) is 7. The van der Waals surface area contributed by atoms with Gasteiger partial charge in [0.25, 0.3) is 11.7 Å². The van der Waals surface area contributed by atoms with Crippen molar-refractivity contribution in [3.05, 3.63) is 45.2 Å². The Morgan fingerprint density at radius 1 is 1.27 bits per heavy atom. The molecule has 0 aliphatic carbocycles. The first-order valence-electron chi connectivity index (χ1n) is 9.09. The molecule has 30 heavy (non-hydrogen) atoms. The van der Waals surface area contributed by atoms with Crippen LogP contribution in [0.25, 0.3) is 5.78 Å². The minimum absolute atomic E-state index is 0.0678. The van der Waals surface area contributed by atoms with Crippen molar-refractivity contribution in [3.63, 3.8) is 0 Å². The summed E-state index contributed by atoms with van der Waals surface area (Å²) >= 11 is 11.9. The molecule has 0 fully saturated rings. The highest BCUT2D eigenvalue weighted by Crippen LogP contribution is 2.25. The SMILES string of the molecule is Cc1nc2nc(N)nn2c(C)c1CCC(=O)O[C@H](C)C(=O)Nc1ccc(Cl)cc1Cl. The van der Waals surface area contributed by atoms with Crippen molar-refractivity contribution in [2.24, 2.45) is 0 Å². The fourth-order valence-corrected chi connectivity index (χ4v) is 3.40. The zero-order valence-electron chi connectivity index (χ0n) is 16.6. The number of aryl methyl sites for hydroxylation is 2. The van der Waals surface area contributed by atoms with Gasteiger partial charge in [0.05, 0.1) is 10.7 Å². The number of hydrogen-bond donors (Lipinski definition) is 2. The predicted octanol–water partition coefficient (Wildman–Crippen LogP) is 3.13. The average Bonchev–Trinajstić information content (AvgIpc) is 3.04. The van der Waals surface area contributed by atoms with Crippen molar-refractivity contribution in [1.82, 2.24) is 19.6 Å². The number of anilines is 2. The molecule has 0 radical (unpaired) electrons. The van der Waals surface area contributed by atoms with Crippen molar-refractivity contribution < 1.29 is 14.3 Å². The van der Waals surface area contributed by atoms with Gasteiger partial charge in [-0.3, -0.25) is 9.59 Å². The Morgan fingerprint density at radius 2 is 2.00 bits per heavy atom. The monoisotopic (exact) mass is 450 g/mol. The highest BCUT2D eigenvalue weighted by atomic mass is 35.5. The van der Waals surface area contributed by atoms with Gasteiger partial charge in [0.1, 0.15) is 0 Å². The minimum Gasteiger partial charge on any atom is -0.453 e. The molecule has 2 aromatic heterocycles. The van der Waals surface area contributed by atoms with E-state index in [0.717, 1.165) is 17.0 Å². The molecule has 3 rings (SSSR count). The van der Waals surface area contributed by atoms with Crippen LogP contribution in [0.1, 0.15) is 30.3 Å². The maximum absolute atomic E-state index is 12.3. The zero-order valence-corrected chi connectivity index (χ0v) is 18.1. The molecular weight excluding hydrogens is 431 g/mol. The van der Waals surface area contributed by atoms with Gasteiger partial charge < -0.3 is 15.8 Å². The standard InChI is InChI=1S/C19H20Cl2N6O3/c1-9-13(10(2)27-19(23-9)25-18(22)26-27)5-7-16(28)30-11(3)17(29)24-15-6-4-12(20)8-14(15)21/h4,6,8,11H,5,7H2,1-3H3,(H2,22,26)(H,24,29)/t11-/m1/s1. The van der Waals surface area contributed by atoms with E-state index < -0.39 is 18.0 Å². The number of nitrogens with two attached hydrogens (primary N) is 1. The maximum atomic E-state index is 12.3. The molecule has 0 spiro atoms. The van der Waals surface area contributed by atoms with Gasteiger partial charge in [-0.05, 0) is 51.0 Å². The molecule has 0 saturated carbocycles. The first-order valence-corrected chi connectivity index (χ1v) is 9.85. The molecule has 11 heteroatoms. The number of carbonyl (C=O) groups is 2. The second-order valence-corrected chi connectivity index (χ2v) is 7.53. The molecule has 0 saturated heterocycles. The molecule has 1 atom stereocenters. The third kappa shape index (κ3) is 4.80. The van der Waals surface area contributed by atoms with Gasteiger partial charge in [-0.2, -0.15) is 9.50 Å². The fourth-order valence-electron chi connectivity index (χ4n) is 2.95. The molecule has 158 valence electrons. The molecule has 1 aromatic carbocycles. The number of ether oxygens (including phenoxy) is 1. The minimum atomic E-state index is -0.998. The van der Waals surface area contributed by atoms with Crippen LogP contribution in [0.5, 0.6) is 0 Å². The van der Waals surface area contributed by atoms with Crippen LogP contribution in [0.15, 0.2) is 18.2 Å². The molecule has 3 N–H and O–H groups in total. The van der Waals surface area contributed by atoms with Crippen molar-refractivity contribution in [2.75, 3.05) is 11.1 Å². The number of aromatic nitrogens is 4. The fraction of sp³-hybridized carbons (Fsp3) is 0.316. The molecule has 9 nitrogen and oxygen atoms in total. The van der Waals surface area contributed by atoms with Gasteiger partial charge in [0.15, 0.2) is 6.10 Å². The number of fused-ring (bicyclic) bond motifs is 1. The normalized spacial score (nSPS) is 12.0. The third-order valence-corrected chi connectivity index (χ3v) is 5.06. The summed E-state index contributed by atoms with van der Waals surface area (Å²) in [5.41, 5.74) is 8.37. The van der Waals surface area contributed by atoms with Crippen LogP contribution in [0.2, 0.25) is 10.0 Å². The highest BCUT2D eigenvalue weighted by Gasteiger charge is 2.20. The molecule has 1 amide bonds. The van der Waals surface area contributed by atoms with Crippen LogP contribution < -0.4 is 11.1 Å². The predicted molar refractivity (Wildman–Crippen MR) is 114 cm³/mol. The van der Waals surface area contributed by atoms with E-state index in [0.29, 0.717) is 22.9 Å². The number of esters is 1. The first kappa shape index (κ1) is 21.8. The van der Waals surface area contributed by atoms with Gasteiger partial charge in [-0.25, -0.2) is 4.98 Å². The summed E-state index contributed by atoms with van der Waals surface area (Å²) in [6.45, 7) is 5.16. The molecule has 0 aliphatic heterocycles. The van der Waals surface area contributed by atoms with Gasteiger partial charge in [0, 0.05) is 22.8 Å². The van der Waals surface area contributed by atoms with E-state index in [1.807, 2.05) is 13.8 Å². The summed E-state index contributed by atoms with van der Waals surface area (Å²) in [5, 5.41) is 7.45. The lowest BCUT2D eigenvalue weighted by molar-refractivity contribution is -0.153. The third-order valence-electron chi connectivity index (χ3n) is 4.51. The number of amides is 1. The lowest BCUT2D eigenvalue weighted by Gasteiger charge is -2.15. The van der Waals surface area contributed by atoms with Crippen LogP contribution in [-0.4, -0.2) is 37.6 Å². The maximum Gasteiger partial charge on any atom is 0.306 e.